The molecule has 3 N–H and O–H groups in total. The summed E-state index contributed by atoms with van der Waals surface area (Å²) in [5, 5.41) is 2.81. The van der Waals surface area contributed by atoms with Crippen LogP contribution in [0.1, 0.15) is 25.3 Å². The predicted molar refractivity (Wildman–Crippen MR) is 83.5 cm³/mol. The molecule has 0 atom stereocenters. The van der Waals surface area contributed by atoms with E-state index >= 15 is 0 Å². The third-order valence-electron chi connectivity index (χ3n) is 2.65. The predicted octanol–water partition coefficient (Wildman–Crippen LogP) is 2.76. The van der Waals surface area contributed by atoms with E-state index in [2.05, 4.69) is 18.8 Å². The molecule has 0 aliphatic heterocycles. The van der Waals surface area contributed by atoms with Gasteiger partial charge >= 0.3 is 0 Å². The third-order valence-corrected chi connectivity index (χ3v) is 2.65. The van der Waals surface area contributed by atoms with E-state index in [-0.39, 0.29) is 5.91 Å². The average Bonchev–Trinajstić information content (AvgIpc) is 2.44. The summed E-state index contributed by atoms with van der Waals surface area (Å²) in [6, 6.07) is 5.41. The van der Waals surface area contributed by atoms with Gasteiger partial charge in [0.25, 0.3) is 0 Å². The van der Waals surface area contributed by atoms with E-state index < -0.39 is 0 Å². The van der Waals surface area contributed by atoms with Crippen molar-refractivity contribution in [1.29, 1.82) is 0 Å². The zero-order chi connectivity index (χ0) is 14.8. The Hall–Kier alpha value is -2.23. The smallest absolute Gasteiger partial charge is 0.243 e. The molecule has 108 valence electrons. The number of unbranched alkanes of at least 4 members (excludes halogenated alkanes) is 1. The number of hydrogen-bond acceptors (Lipinski definition) is 3. The molecule has 0 bridgehead atoms. The Morgan fingerprint density at radius 2 is 2.30 bits per heavy atom. The SMILES string of the molecule is C=CCOc1ccc(/C=C\C(=O)NCCCC)cc1N. The largest absolute Gasteiger partial charge is 0.487 e. The number of benzene rings is 1. The lowest BCUT2D eigenvalue weighted by Crippen LogP contribution is -2.21. The van der Waals surface area contributed by atoms with Gasteiger partial charge in [0.05, 0.1) is 5.69 Å². The summed E-state index contributed by atoms with van der Waals surface area (Å²) < 4.78 is 5.39. The molecular weight excluding hydrogens is 252 g/mol. The highest BCUT2D eigenvalue weighted by Gasteiger charge is 2.00. The monoisotopic (exact) mass is 274 g/mol. The molecule has 0 spiro atoms. The van der Waals surface area contributed by atoms with Crippen LogP contribution in [0.25, 0.3) is 6.08 Å². The standard InChI is InChI=1S/C16H22N2O2/c1-3-5-10-18-16(19)9-7-13-6-8-15(14(17)12-13)20-11-4-2/h4,6-9,12H,2-3,5,10-11,17H2,1H3,(H,18,19)/b9-7-. The molecule has 4 nitrogen and oxygen atoms in total. The molecule has 1 aromatic carbocycles. The number of hydrogen-bond donors (Lipinski definition) is 2. The highest BCUT2D eigenvalue weighted by Crippen LogP contribution is 2.23. The van der Waals surface area contributed by atoms with Crippen molar-refractivity contribution < 1.29 is 9.53 Å². The molecule has 0 saturated heterocycles. The quantitative estimate of drug-likeness (QED) is 0.331. The lowest BCUT2D eigenvalue weighted by atomic mass is 10.1. The van der Waals surface area contributed by atoms with Gasteiger partial charge in [-0.05, 0) is 30.2 Å². The van der Waals surface area contributed by atoms with Crippen molar-refractivity contribution >= 4 is 17.7 Å². The molecule has 1 rings (SSSR count). The van der Waals surface area contributed by atoms with Gasteiger partial charge in [-0.1, -0.05) is 32.1 Å². The summed E-state index contributed by atoms with van der Waals surface area (Å²) in [6.45, 7) is 6.79. The number of carbonyl (C=O) groups is 1. The number of ether oxygens (including phenoxy) is 1. The van der Waals surface area contributed by atoms with Crippen molar-refractivity contribution in [3.63, 3.8) is 0 Å². The molecule has 20 heavy (non-hydrogen) atoms. The number of anilines is 1. The van der Waals surface area contributed by atoms with Crippen molar-refractivity contribution in [2.45, 2.75) is 19.8 Å². The Morgan fingerprint density at radius 3 is 2.95 bits per heavy atom. The fourth-order valence-electron chi connectivity index (χ4n) is 1.57. The molecule has 4 heteroatoms. The second-order valence-electron chi connectivity index (χ2n) is 4.37. The number of nitrogens with two attached hydrogens (primary N) is 1. The summed E-state index contributed by atoms with van der Waals surface area (Å²) in [5.74, 6) is 0.526. The van der Waals surface area contributed by atoms with Crippen LogP contribution >= 0.6 is 0 Å². The molecule has 0 aromatic heterocycles. The van der Waals surface area contributed by atoms with E-state index in [1.807, 2.05) is 6.07 Å². The van der Waals surface area contributed by atoms with E-state index in [1.54, 1.807) is 24.3 Å². The zero-order valence-electron chi connectivity index (χ0n) is 11.9. The first-order chi connectivity index (χ1) is 9.67. The van der Waals surface area contributed by atoms with Gasteiger partial charge in [0.1, 0.15) is 12.4 Å². The summed E-state index contributed by atoms with van der Waals surface area (Å²) in [5.41, 5.74) is 7.28. The van der Waals surface area contributed by atoms with Gasteiger partial charge in [-0.25, -0.2) is 0 Å². The normalized spacial score (nSPS) is 10.4. The molecule has 0 aliphatic carbocycles. The van der Waals surface area contributed by atoms with Crippen LogP contribution in [0.3, 0.4) is 0 Å². The van der Waals surface area contributed by atoms with Crippen molar-refractivity contribution in [2.75, 3.05) is 18.9 Å². The van der Waals surface area contributed by atoms with Crippen molar-refractivity contribution in [2.24, 2.45) is 0 Å². The Balaban J connectivity index is 2.57. The minimum atomic E-state index is -0.0935. The van der Waals surface area contributed by atoms with Gasteiger partial charge in [-0.3, -0.25) is 4.79 Å². The molecule has 0 fully saturated rings. The summed E-state index contributed by atoms with van der Waals surface area (Å²) >= 11 is 0. The maximum atomic E-state index is 11.5. The fourth-order valence-corrected chi connectivity index (χ4v) is 1.57. The van der Waals surface area contributed by atoms with Crippen molar-refractivity contribution in [3.8, 4) is 5.75 Å². The lowest BCUT2D eigenvalue weighted by molar-refractivity contribution is -0.116. The minimum absolute atomic E-state index is 0.0935. The van der Waals surface area contributed by atoms with E-state index in [0.29, 0.717) is 24.6 Å². The van der Waals surface area contributed by atoms with Crippen LogP contribution in [0.4, 0.5) is 5.69 Å². The fraction of sp³-hybridized carbons (Fsp3) is 0.312. The number of carbonyl (C=O) groups excluding carboxylic acids is 1. The van der Waals surface area contributed by atoms with E-state index in [0.717, 1.165) is 18.4 Å². The topological polar surface area (TPSA) is 64.3 Å². The van der Waals surface area contributed by atoms with Crippen LogP contribution in [0, 0.1) is 0 Å². The van der Waals surface area contributed by atoms with Crippen molar-refractivity contribution in [3.05, 3.63) is 42.5 Å². The number of amides is 1. The second-order valence-corrected chi connectivity index (χ2v) is 4.37. The van der Waals surface area contributed by atoms with E-state index in [9.17, 15) is 4.79 Å². The average molecular weight is 274 g/mol. The van der Waals surface area contributed by atoms with Crippen LogP contribution in [0.15, 0.2) is 36.9 Å². The van der Waals surface area contributed by atoms with Gasteiger partial charge in [-0.2, -0.15) is 0 Å². The number of rotatable bonds is 8. The van der Waals surface area contributed by atoms with Crippen LogP contribution in [-0.4, -0.2) is 19.1 Å². The summed E-state index contributed by atoms with van der Waals surface area (Å²) in [7, 11) is 0. The Kier molecular flexibility index (Phi) is 6.96. The molecule has 0 unspecified atom stereocenters. The van der Waals surface area contributed by atoms with Gasteiger partial charge in [0.2, 0.25) is 5.91 Å². The lowest BCUT2D eigenvalue weighted by Gasteiger charge is -2.07. The second kappa shape index (κ2) is 8.80. The highest BCUT2D eigenvalue weighted by molar-refractivity contribution is 5.91. The summed E-state index contributed by atoms with van der Waals surface area (Å²) in [6.07, 6.45) is 6.95. The Bertz CT molecular complexity index is 481. The Morgan fingerprint density at radius 1 is 1.50 bits per heavy atom. The molecule has 1 amide bonds. The van der Waals surface area contributed by atoms with Gasteiger partial charge < -0.3 is 15.8 Å². The highest BCUT2D eigenvalue weighted by atomic mass is 16.5. The number of nitrogen functional groups attached to an aromatic ring is 1. The third kappa shape index (κ3) is 5.61. The molecule has 0 heterocycles. The molecule has 1 aromatic rings. The van der Waals surface area contributed by atoms with Crippen molar-refractivity contribution in [1.82, 2.24) is 5.32 Å². The van der Waals surface area contributed by atoms with Gasteiger partial charge in [0.15, 0.2) is 0 Å². The molecule has 0 radical (unpaired) electrons. The van der Waals surface area contributed by atoms with Crippen LogP contribution < -0.4 is 15.8 Å². The van der Waals surface area contributed by atoms with E-state index in [4.69, 9.17) is 10.5 Å². The van der Waals surface area contributed by atoms with Gasteiger partial charge in [0, 0.05) is 12.6 Å². The number of nitrogens with one attached hydrogen (secondary N) is 1. The molecule has 0 aliphatic rings. The summed E-state index contributed by atoms with van der Waals surface area (Å²) in [4.78, 5) is 11.5. The maximum Gasteiger partial charge on any atom is 0.243 e. The van der Waals surface area contributed by atoms with Crippen LogP contribution in [0.5, 0.6) is 5.75 Å². The minimum Gasteiger partial charge on any atom is -0.487 e. The van der Waals surface area contributed by atoms with E-state index in [1.165, 1.54) is 6.08 Å². The van der Waals surface area contributed by atoms with Gasteiger partial charge in [-0.15, -0.1) is 0 Å². The molecule has 0 saturated carbocycles. The van der Waals surface area contributed by atoms with Crippen LogP contribution in [0.2, 0.25) is 0 Å². The van der Waals surface area contributed by atoms with Crippen LogP contribution in [-0.2, 0) is 4.79 Å². The first-order valence-corrected chi connectivity index (χ1v) is 6.76. The zero-order valence-corrected chi connectivity index (χ0v) is 11.9. The first kappa shape index (κ1) is 15.8. The Labute approximate surface area is 120 Å². The molecular formula is C16H22N2O2. The first-order valence-electron chi connectivity index (χ1n) is 6.76. The maximum absolute atomic E-state index is 11.5.